The number of nitrogens with zero attached hydrogens (tertiary/aromatic N) is 4. The molecule has 0 radical (unpaired) electrons. The summed E-state index contributed by atoms with van der Waals surface area (Å²) in [5, 5.41) is 0. The molecule has 0 unspecified atom stereocenters. The molecule has 160 valence electrons. The van der Waals surface area contributed by atoms with Crippen molar-refractivity contribution in [3.63, 3.8) is 0 Å². The lowest BCUT2D eigenvalue weighted by molar-refractivity contribution is 0.386. The molecule has 8 nitrogen and oxygen atoms in total. The predicted octanol–water partition coefficient (Wildman–Crippen LogP) is 5.50. The lowest BCUT2D eigenvalue weighted by Crippen LogP contribution is -2.04. The molecule has 1 aliphatic carbocycles. The molecular weight excluding hydrogens is 464 g/mol. The Morgan fingerprint density at radius 3 is 2.03 bits per heavy atom. The molecule has 3 aromatic rings. The topological polar surface area (TPSA) is 88.5 Å². The fourth-order valence-corrected chi connectivity index (χ4v) is 4.36. The highest BCUT2D eigenvalue weighted by molar-refractivity contribution is 9.15. The van der Waals surface area contributed by atoms with E-state index in [1.54, 1.807) is 50.9 Å². The van der Waals surface area contributed by atoms with E-state index in [9.17, 15) is 0 Å². The summed E-state index contributed by atoms with van der Waals surface area (Å²) in [4.78, 5) is 17.6. The number of allylic oxidation sites excluding steroid dienone is 1. The number of methoxy groups -OCH3 is 2. The molecule has 0 aromatic carbocycles. The molecule has 0 aliphatic heterocycles. The van der Waals surface area contributed by atoms with Gasteiger partial charge in [-0.25, -0.2) is 9.97 Å². The van der Waals surface area contributed by atoms with Crippen LogP contribution in [0.2, 0.25) is 0 Å². The molecular formula is C22H21BrN4O4. The van der Waals surface area contributed by atoms with E-state index in [0.29, 0.717) is 29.1 Å². The zero-order chi connectivity index (χ0) is 22.0. The number of hydrogen-bond acceptors (Lipinski definition) is 8. The van der Waals surface area contributed by atoms with Crippen molar-refractivity contribution >= 4 is 20.4 Å². The minimum atomic E-state index is 0.102. The van der Waals surface area contributed by atoms with Gasteiger partial charge in [0.15, 0.2) is 0 Å². The lowest BCUT2D eigenvalue weighted by atomic mass is 10.0. The summed E-state index contributed by atoms with van der Waals surface area (Å²) in [6.45, 7) is 4.22. The molecule has 3 heterocycles. The van der Waals surface area contributed by atoms with Crippen molar-refractivity contribution in [1.82, 2.24) is 19.9 Å². The molecule has 0 fully saturated rings. The largest absolute Gasteiger partial charge is 0.481 e. The van der Waals surface area contributed by atoms with Crippen molar-refractivity contribution in [1.29, 1.82) is 0 Å². The molecule has 0 saturated carbocycles. The highest BCUT2D eigenvalue weighted by atomic mass is 79.9. The molecule has 0 saturated heterocycles. The van der Waals surface area contributed by atoms with Crippen molar-refractivity contribution in [3.05, 3.63) is 53.5 Å². The summed E-state index contributed by atoms with van der Waals surface area (Å²) in [6, 6.07) is 7.11. The van der Waals surface area contributed by atoms with Crippen LogP contribution in [-0.2, 0) is 0 Å². The lowest BCUT2D eigenvalue weighted by Gasteiger charge is -2.13. The second-order valence-corrected chi connectivity index (χ2v) is 7.56. The first-order valence-electron chi connectivity index (χ1n) is 9.70. The van der Waals surface area contributed by atoms with Gasteiger partial charge in [0.25, 0.3) is 0 Å². The van der Waals surface area contributed by atoms with Gasteiger partial charge in [-0.3, -0.25) is 0 Å². The summed E-state index contributed by atoms with van der Waals surface area (Å²) in [5.41, 5.74) is 2.89. The van der Waals surface area contributed by atoms with E-state index >= 15 is 0 Å². The molecule has 9 heteroatoms. The van der Waals surface area contributed by atoms with Gasteiger partial charge < -0.3 is 18.9 Å². The predicted molar refractivity (Wildman–Crippen MR) is 118 cm³/mol. The first-order valence-corrected chi connectivity index (χ1v) is 10.5. The van der Waals surface area contributed by atoms with E-state index in [1.807, 2.05) is 0 Å². The molecule has 3 aromatic heterocycles. The number of hydrogen-bond donors (Lipinski definition) is 0. The zero-order valence-corrected chi connectivity index (χ0v) is 19.1. The highest BCUT2D eigenvalue weighted by Crippen LogP contribution is 2.49. The molecule has 0 amide bonds. The van der Waals surface area contributed by atoms with E-state index in [-0.39, 0.29) is 11.9 Å². The van der Waals surface area contributed by atoms with Crippen molar-refractivity contribution in [3.8, 4) is 35.1 Å². The second kappa shape index (κ2) is 8.89. The van der Waals surface area contributed by atoms with Crippen LogP contribution in [0.15, 0.2) is 42.2 Å². The molecule has 4 rings (SSSR count). The Morgan fingerprint density at radius 1 is 0.903 bits per heavy atom. The number of ether oxygens (including phenoxy) is 4. The van der Waals surface area contributed by atoms with Crippen LogP contribution in [0.25, 0.3) is 4.48 Å². The summed E-state index contributed by atoms with van der Waals surface area (Å²) in [6.07, 6.45) is 4.01. The second-order valence-electron chi connectivity index (χ2n) is 6.76. The first kappa shape index (κ1) is 21.0. The first-order chi connectivity index (χ1) is 15.0. The minimum absolute atomic E-state index is 0.102. The maximum Gasteiger partial charge on any atom is 0.325 e. The average Bonchev–Trinajstić information content (AvgIpc) is 3.04. The summed E-state index contributed by atoms with van der Waals surface area (Å²) >= 11 is 3.72. The van der Waals surface area contributed by atoms with Gasteiger partial charge in [-0.2, -0.15) is 9.97 Å². The van der Waals surface area contributed by atoms with Crippen LogP contribution in [0, 0.1) is 0 Å². The van der Waals surface area contributed by atoms with Crippen LogP contribution in [0.1, 0.15) is 37.4 Å². The van der Waals surface area contributed by atoms with Gasteiger partial charge >= 0.3 is 6.01 Å². The maximum absolute atomic E-state index is 6.10. The van der Waals surface area contributed by atoms with Gasteiger partial charge in [-0.05, 0) is 40.1 Å². The molecule has 1 aliphatic rings. The number of pyridine rings is 2. The zero-order valence-electron chi connectivity index (χ0n) is 17.5. The summed E-state index contributed by atoms with van der Waals surface area (Å²) in [7, 11) is 3.12. The van der Waals surface area contributed by atoms with Crippen LogP contribution in [-0.4, -0.2) is 34.2 Å². The smallest absolute Gasteiger partial charge is 0.325 e. The van der Waals surface area contributed by atoms with E-state index < -0.39 is 0 Å². The van der Waals surface area contributed by atoms with E-state index in [4.69, 9.17) is 18.9 Å². The fourth-order valence-electron chi connectivity index (χ4n) is 3.37. The Labute approximate surface area is 188 Å². The van der Waals surface area contributed by atoms with Crippen LogP contribution in [0.3, 0.4) is 0 Å². The highest BCUT2D eigenvalue weighted by Gasteiger charge is 2.33. The number of fused-ring (bicyclic) bond motifs is 1. The van der Waals surface area contributed by atoms with Crippen LogP contribution < -0.4 is 18.9 Å². The monoisotopic (exact) mass is 484 g/mol. The molecule has 0 N–H and O–H groups in total. The van der Waals surface area contributed by atoms with Gasteiger partial charge in [-0.1, -0.05) is 13.8 Å². The maximum atomic E-state index is 6.10. The molecule has 0 bridgehead atoms. The van der Waals surface area contributed by atoms with Gasteiger partial charge in [0.1, 0.15) is 11.5 Å². The minimum Gasteiger partial charge on any atom is -0.481 e. The third kappa shape index (κ3) is 4.18. The quantitative estimate of drug-likeness (QED) is 0.434. The average molecular weight is 485 g/mol. The molecule has 1 atom stereocenters. The number of aromatic nitrogens is 4. The van der Waals surface area contributed by atoms with E-state index in [1.165, 1.54) is 5.57 Å². The number of rotatable bonds is 7. The Kier molecular flexibility index (Phi) is 6.03. The van der Waals surface area contributed by atoms with Crippen molar-refractivity contribution in [2.75, 3.05) is 14.2 Å². The SMILES string of the molecule is CCC1=C(Br)c2c(Oc3ccc(OC)nc3)nc(Oc3ccc(OC)nc3)nc2[C@@H]1C. The number of halogens is 1. The third-order valence-electron chi connectivity index (χ3n) is 4.96. The summed E-state index contributed by atoms with van der Waals surface area (Å²) in [5.74, 6) is 2.50. The Balaban J connectivity index is 1.73. The molecule has 31 heavy (non-hydrogen) atoms. The van der Waals surface area contributed by atoms with Gasteiger partial charge in [0.05, 0.1) is 37.9 Å². The molecule has 0 spiro atoms. The van der Waals surface area contributed by atoms with E-state index in [0.717, 1.165) is 22.2 Å². The third-order valence-corrected chi connectivity index (χ3v) is 5.86. The van der Waals surface area contributed by atoms with Crippen molar-refractivity contribution in [2.45, 2.75) is 26.2 Å². The van der Waals surface area contributed by atoms with Crippen LogP contribution in [0.4, 0.5) is 0 Å². The summed E-state index contributed by atoms with van der Waals surface area (Å²) < 4.78 is 23.1. The normalized spacial score (nSPS) is 14.9. The van der Waals surface area contributed by atoms with Gasteiger partial charge in [0.2, 0.25) is 17.6 Å². The van der Waals surface area contributed by atoms with Crippen molar-refractivity contribution < 1.29 is 18.9 Å². The van der Waals surface area contributed by atoms with Crippen LogP contribution >= 0.6 is 15.9 Å². The van der Waals surface area contributed by atoms with Gasteiger partial charge in [0, 0.05) is 22.5 Å². The standard InChI is InChI=1S/C22H21BrN4O4/c1-5-15-12(2)20-18(19(15)23)21(30-13-6-8-16(28-3)24-10-13)27-22(26-20)31-14-7-9-17(29-4)25-11-14/h6-12H,5H2,1-4H3/t12-/m1/s1. The Morgan fingerprint density at radius 2 is 1.52 bits per heavy atom. The van der Waals surface area contributed by atoms with Crippen LogP contribution in [0.5, 0.6) is 35.1 Å². The van der Waals surface area contributed by atoms with E-state index in [2.05, 4.69) is 49.7 Å². The van der Waals surface area contributed by atoms with Crippen molar-refractivity contribution in [2.24, 2.45) is 0 Å². The fraction of sp³-hybridized carbons (Fsp3) is 0.273. The Hall–Kier alpha value is -3.20. The Bertz CT molecular complexity index is 1120. The van der Waals surface area contributed by atoms with Gasteiger partial charge in [-0.15, -0.1) is 0 Å².